The molecule has 1 rings (SSSR count). The van der Waals surface area contributed by atoms with Gasteiger partial charge in [-0.3, -0.25) is 0 Å². The van der Waals surface area contributed by atoms with Crippen LogP contribution in [-0.2, 0) is 0 Å². The fourth-order valence-corrected chi connectivity index (χ4v) is 0.857. The number of hydrogen-bond donors (Lipinski definition) is 1. The molecule has 58 valence electrons. The highest BCUT2D eigenvalue weighted by Gasteiger charge is 1.86. The van der Waals surface area contributed by atoms with Crippen LogP contribution in [-0.4, -0.2) is 0 Å². The fraction of sp³-hybridized carbons (Fsp3) is 0.200. The van der Waals surface area contributed by atoms with E-state index in [-0.39, 0.29) is 0 Å². The van der Waals surface area contributed by atoms with Crippen LogP contribution in [0.1, 0.15) is 12.8 Å². The molecule has 0 amide bonds. The molecule has 0 spiro atoms. The van der Waals surface area contributed by atoms with E-state index in [0.29, 0.717) is 0 Å². The van der Waals surface area contributed by atoms with Crippen molar-refractivity contribution in [1.82, 2.24) is 5.32 Å². The molecule has 0 saturated carbocycles. The molecule has 0 radical (unpaired) electrons. The first-order valence-corrected chi connectivity index (χ1v) is 3.79. The van der Waals surface area contributed by atoms with Crippen LogP contribution in [0.25, 0.3) is 0 Å². The van der Waals surface area contributed by atoms with Gasteiger partial charge in [0.15, 0.2) is 0 Å². The van der Waals surface area contributed by atoms with E-state index in [9.17, 15) is 0 Å². The van der Waals surface area contributed by atoms with Crippen molar-refractivity contribution in [2.24, 2.45) is 0 Å². The minimum atomic E-state index is 0.963. The maximum atomic E-state index is 3.93. The second kappa shape index (κ2) is 4.56. The molecule has 1 aliphatic rings. The Hall–Kier alpha value is -1.24. The van der Waals surface area contributed by atoms with Gasteiger partial charge in [-0.2, -0.15) is 0 Å². The molecule has 1 nitrogen and oxygen atoms in total. The van der Waals surface area contributed by atoms with Crippen molar-refractivity contribution >= 4 is 0 Å². The van der Waals surface area contributed by atoms with Gasteiger partial charge in [-0.1, -0.05) is 30.4 Å². The van der Waals surface area contributed by atoms with Crippen LogP contribution < -0.4 is 5.32 Å². The minimum absolute atomic E-state index is 0.963. The van der Waals surface area contributed by atoms with Crippen LogP contribution in [0.2, 0.25) is 0 Å². The smallest absolute Gasteiger partial charge is 0.000419 e. The standard InChI is InChI=1S/C10H13N/c1-10-6-3-2-4-8-11-9-5-7-10/h2-5,8-9,11H,1,6-7H2/b3-2-,8-4-,9-5-. The molecule has 0 aromatic heterocycles. The van der Waals surface area contributed by atoms with Gasteiger partial charge in [0.1, 0.15) is 0 Å². The van der Waals surface area contributed by atoms with Gasteiger partial charge in [-0.05, 0) is 25.1 Å². The third-order valence-corrected chi connectivity index (χ3v) is 1.47. The van der Waals surface area contributed by atoms with Crippen molar-refractivity contribution in [3.63, 3.8) is 0 Å². The first kappa shape index (κ1) is 7.86. The average molecular weight is 147 g/mol. The Kier molecular flexibility index (Phi) is 3.26. The maximum absolute atomic E-state index is 3.93. The lowest BCUT2D eigenvalue weighted by Crippen LogP contribution is -1.91. The van der Waals surface area contributed by atoms with E-state index in [2.05, 4.69) is 24.0 Å². The third-order valence-electron chi connectivity index (χ3n) is 1.47. The third kappa shape index (κ3) is 3.46. The van der Waals surface area contributed by atoms with Gasteiger partial charge in [0.05, 0.1) is 0 Å². The summed E-state index contributed by atoms with van der Waals surface area (Å²) in [5, 5.41) is 3.02. The van der Waals surface area contributed by atoms with Gasteiger partial charge < -0.3 is 5.32 Å². The molecule has 0 aliphatic carbocycles. The second-order valence-corrected chi connectivity index (χ2v) is 2.51. The minimum Gasteiger partial charge on any atom is -0.368 e. The van der Waals surface area contributed by atoms with E-state index in [1.165, 1.54) is 5.57 Å². The molecular weight excluding hydrogens is 134 g/mol. The molecule has 1 heterocycles. The Labute approximate surface area is 67.8 Å². The number of nitrogens with one attached hydrogen (secondary N) is 1. The monoisotopic (exact) mass is 147 g/mol. The van der Waals surface area contributed by atoms with E-state index in [1.807, 2.05) is 24.6 Å². The molecule has 0 bridgehead atoms. The largest absolute Gasteiger partial charge is 0.368 e. The van der Waals surface area contributed by atoms with E-state index < -0.39 is 0 Å². The van der Waals surface area contributed by atoms with E-state index in [1.54, 1.807) is 0 Å². The molecule has 0 saturated heterocycles. The summed E-state index contributed by atoms with van der Waals surface area (Å²) in [6.45, 7) is 3.93. The Morgan fingerprint density at radius 3 is 2.82 bits per heavy atom. The van der Waals surface area contributed by atoms with Crippen molar-refractivity contribution in [1.29, 1.82) is 0 Å². The molecule has 1 N–H and O–H groups in total. The van der Waals surface area contributed by atoms with Gasteiger partial charge in [-0.15, -0.1) is 0 Å². The summed E-state index contributed by atoms with van der Waals surface area (Å²) in [6, 6.07) is 0. The number of allylic oxidation sites excluding steroid dienone is 5. The number of rotatable bonds is 0. The van der Waals surface area contributed by atoms with Gasteiger partial charge in [0, 0.05) is 6.20 Å². The summed E-state index contributed by atoms with van der Waals surface area (Å²) < 4.78 is 0. The molecular formula is C10H13N. The highest BCUT2D eigenvalue weighted by Crippen LogP contribution is 2.05. The Bertz CT molecular complexity index is 209. The van der Waals surface area contributed by atoms with Crippen molar-refractivity contribution in [2.75, 3.05) is 0 Å². The van der Waals surface area contributed by atoms with E-state index >= 15 is 0 Å². The molecule has 11 heavy (non-hydrogen) atoms. The number of hydrogen-bond acceptors (Lipinski definition) is 1. The molecule has 0 atom stereocenters. The van der Waals surface area contributed by atoms with Crippen LogP contribution in [0, 0.1) is 0 Å². The lowest BCUT2D eigenvalue weighted by atomic mass is 10.1. The molecule has 1 aliphatic heterocycles. The highest BCUT2D eigenvalue weighted by atomic mass is 14.8. The van der Waals surface area contributed by atoms with Crippen LogP contribution >= 0.6 is 0 Å². The lowest BCUT2D eigenvalue weighted by Gasteiger charge is -1.97. The van der Waals surface area contributed by atoms with Crippen molar-refractivity contribution in [2.45, 2.75) is 12.8 Å². The molecule has 0 aromatic rings. The molecule has 0 unspecified atom stereocenters. The van der Waals surface area contributed by atoms with E-state index in [4.69, 9.17) is 0 Å². The van der Waals surface area contributed by atoms with Crippen LogP contribution in [0.15, 0.2) is 48.9 Å². The molecule has 1 heteroatoms. The Morgan fingerprint density at radius 2 is 1.91 bits per heavy atom. The zero-order chi connectivity index (χ0) is 7.94. The Morgan fingerprint density at radius 1 is 1.09 bits per heavy atom. The first-order chi connectivity index (χ1) is 5.39. The lowest BCUT2D eigenvalue weighted by molar-refractivity contribution is 1.08. The van der Waals surface area contributed by atoms with Gasteiger partial charge in [-0.25, -0.2) is 0 Å². The second-order valence-electron chi connectivity index (χ2n) is 2.51. The summed E-state index contributed by atoms with van der Waals surface area (Å²) in [6.07, 6.45) is 14.0. The topological polar surface area (TPSA) is 12.0 Å². The van der Waals surface area contributed by atoms with Gasteiger partial charge in [0.25, 0.3) is 0 Å². The normalized spacial score (nSPS) is 26.7. The van der Waals surface area contributed by atoms with Crippen molar-refractivity contribution in [3.8, 4) is 0 Å². The molecule has 0 aromatic carbocycles. The predicted molar refractivity (Wildman–Crippen MR) is 48.9 cm³/mol. The summed E-state index contributed by atoms with van der Waals surface area (Å²) in [5.74, 6) is 0. The van der Waals surface area contributed by atoms with Crippen molar-refractivity contribution < 1.29 is 0 Å². The van der Waals surface area contributed by atoms with Crippen molar-refractivity contribution in [3.05, 3.63) is 48.9 Å². The van der Waals surface area contributed by atoms with Crippen LogP contribution in [0.4, 0.5) is 0 Å². The molecule has 0 fully saturated rings. The van der Waals surface area contributed by atoms with E-state index in [0.717, 1.165) is 12.8 Å². The fourth-order valence-electron chi connectivity index (χ4n) is 0.857. The van der Waals surface area contributed by atoms with Crippen LogP contribution in [0.3, 0.4) is 0 Å². The SMILES string of the molecule is C=C1C/C=C\C=C/N/C=C\C1. The summed E-state index contributed by atoms with van der Waals surface area (Å²) in [7, 11) is 0. The predicted octanol–water partition coefficient (Wildman–Crippen LogP) is 2.51. The summed E-state index contributed by atoms with van der Waals surface area (Å²) >= 11 is 0. The maximum Gasteiger partial charge on any atom is 0.000419 e. The zero-order valence-electron chi connectivity index (χ0n) is 6.59. The first-order valence-electron chi connectivity index (χ1n) is 3.79. The van der Waals surface area contributed by atoms with Crippen LogP contribution in [0.5, 0.6) is 0 Å². The zero-order valence-corrected chi connectivity index (χ0v) is 6.59. The summed E-state index contributed by atoms with van der Waals surface area (Å²) in [4.78, 5) is 0. The average Bonchev–Trinajstić information content (AvgIpc) is 2.03. The Balaban J connectivity index is 2.55. The summed E-state index contributed by atoms with van der Waals surface area (Å²) in [5.41, 5.74) is 1.25. The van der Waals surface area contributed by atoms with Gasteiger partial charge in [0.2, 0.25) is 0 Å². The highest BCUT2D eigenvalue weighted by molar-refractivity contribution is 5.12. The quantitative estimate of drug-likeness (QED) is 0.519. The van der Waals surface area contributed by atoms with Gasteiger partial charge >= 0.3 is 0 Å².